The van der Waals surface area contributed by atoms with Crippen LogP contribution in [-0.2, 0) is 6.54 Å². The minimum atomic E-state index is 0.0351. The van der Waals surface area contributed by atoms with E-state index in [0.29, 0.717) is 18.2 Å². The summed E-state index contributed by atoms with van der Waals surface area (Å²) in [5.41, 5.74) is 1.68. The Morgan fingerprint density at radius 2 is 1.96 bits per heavy atom. The molecule has 0 radical (unpaired) electrons. The van der Waals surface area contributed by atoms with Crippen LogP contribution in [0.4, 0.5) is 0 Å². The van der Waals surface area contributed by atoms with E-state index in [1.165, 1.54) is 0 Å². The van der Waals surface area contributed by atoms with Gasteiger partial charge in [0.25, 0.3) is 5.91 Å². The molecular formula is C19H18N4O. The molecule has 0 unspecified atom stereocenters. The predicted molar refractivity (Wildman–Crippen MR) is 90.7 cm³/mol. The van der Waals surface area contributed by atoms with Crippen LogP contribution >= 0.6 is 0 Å². The van der Waals surface area contributed by atoms with Crippen molar-refractivity contribution in [1.82, 2.24) is 19.4 Å². The van der Waals surface area contributed by atoms with Gasteiger partial charge in [-0.2, -0.15) is 0 Å². The molecule has 5 heteroatoms. The van der Waals surface area contributed by atoms with Crippen LogP contribution in [0, 0.1) is 0 Å². The topological polar surface area (TPSA) is 51.0 Å². The largest absolute Gasteiger partial charge is 0.331 e. The van der Waals surface area contributed by atoms with E-state index in [-0.39, 0.29) is 5.91 Å². The van der Waals surface area contributed by atoms with Crippen LogP contribution in [0.3, 0.4) is 0 Å². The molecule has 3 aromatic rings. The molecule has 120 valence electrons. The fourth-order valence-corrected chi connectivity index (χ4v) is 2.76. The molecule has 0 aromatic carbocycles. The summed E-state index contributed by atoms with van der Waals surface area (Å²) in [7, 11) is 0. The first-order chi connectivity index (χ1) is 11.8. The third kappa shape index (κ3) is 3.06. The van der Waals surface area contributed by atoms with E-state index in [1.54, 1.807) is 12.4 Å². The molecule has 4 rings (SSSR count). The molecule has 0 aliphatic heterocycles. The highest BCUT2D eigenvalue weighted by Gasteiger charge is 2.33. The maximum atomic E-state index is 12.9. The average Bonchev–Trinajstić information content (AvgIpc) is 3.33. The minimum absolute atomic E-state index is 0.0351. The van der Waals surface area contributed by atoms with E-state index < -0.39 is 0 Å². The highest BCUT2D eigenvalue weighted by Crippen LogP contribution is 2.29. The maximum absolute atomic E-state index is 12.9. The van der Waals surface area contributed by atoms with E-state index in [4.69, 9.17) is 0 Å². The number of rotatable bonds is 5. The van der Waals surface area contributed by atoms with Gasteiger partial charge in [-0.3, -0.25) is 9.78 Å². The first kappa shape index (κ1) is 14.6. The summed E-state index contributed by atoms with van der Waals surface area (Å²) in [6, 6.07) is 11.9. The lowest BCUT2D eigenvalue weighted by atomic mass is 10.2. The summed E-state index contributed by atoms with van der Waals surface area (Å²) in [4.78, 5) is 23.4. The van der Waals surface area contributed by atoms with Gasteiger partial charge in [-0.25, -0.2) is 4.98 Å². The van der Waals surface area contributed by atoms with Gasteiger partial charge in [-0.15, -0.1) is 0 Å². The standard InChI is InChI=1S/C19H18N4O/c24-19(16-5-8-18(21-13-16)22-10-1-2-11-22)23(17-6-7-17)14-15-4-3-9-20-12-15/h1-5,8-13,17H,6-7,14H2. The summed E-state index contributed by atoms with van der Waals surface area (Å²) in [6.07, 6.45) is 11.2. The van der Waals surface area contributed by atoms with E-state index in [1.807, 2.05) is 64.5 Å². The lowest BCUT2D eigenvalue weighted by molar-refractivity contribution is 0.0729. The summed E-state index contributed by atoms with van der Waals surface area (Å²) < 4.78 is 1.92. The van der Waals surface area contributed by atoms with Crippen LogP contribution in [0.2, 0.25) is 0 Å². The molecule has 1 aliphatic rings. The van der Waals surface area contributed by atoms with Crippen molar-refractivity contribution in [1.29, 1.82) is 0 Å². The van der Waals surface area contributed by atoms with Gasteiger partial charge < -0.3 is 9.47 Å². The highest BCUT2D eigenvalue weighted by atomic mass is 16.2. The second-order valence-electron chi connectivity index (χ2n) is 6.02. The zero-order chi connectivity index (χ0) is 16.4. The van der Waals surface area contributed by atoms with Crippen molar-refractivity contribution < 1.29 is 4.79 Å². The maximum Gasteiger partial charge on any atom is 0.255 e. The normalized spacial score (nSPS) is 13.7. The molecular weight excluding hydrogens is 300 g/mol. The van der Waals surface area contributed by atoms with Gasteiger partial charge in [0.1, 0.15) is 5.82 Å². The van der Waals surface area contributed by atoms with Gasteiger partial charge in [0.05, 0.1) is 5.56 Å². The monoisotopic (exact) mass is 318 g/mol. The van der Waals surface area contributed by atoms with Crippen LogP contribution in [0.5, 0.6) is 0 Å². The summed E-state index contributed by atoms with van der Waals surface area (Å²) in [5, 5.41) is 0. The molecule has 0 bridgehead atoms. The number of carbonyl (C=O) groups excluding carboxylic acids is 1. The summed E-state index contributed by atoms with van der Waals surface area (Å²) >= 11 is 0. The van der Waals surface area contributed by atoms with E-state index in [0.717, 1.165) is 24.2 Å². The van der Waals surface area contributed by atoms with Gasteiger partial charge in [0.2, 0.25) is 0 Å². The number of aromatic nitrogens is 3. The van der Waals surface area contributed by atoms with Crippen LogP contribution in [-0.4, -0.2) is 31.4 Å². The first-order valence-corrected chi connectivity index (χ1v) is 8.10. The Balaban J connectivity index is 1.54. The van der Waals surface area contributed by atoms with Crippen molar-refractivity contribution in [2.24, 2.45) is 0 Å². The number of nitrogens with zero attached hydrogens (tertiary/aromatic N) is 4. The number of amides is 1. The third-order valence-electron chi connectivity index (χ3n) is 4.19. The Kier molecular flexibility index (Phi) is 3.83. The number of hydrogen-bond acceptors (Lipinski definition) is 3. The molecule has 0 atom stereocenters. The number of carbonyl (C=O) groups is 1. The molecule has 1 amide bonds. The zero-order valence-corrected chi connectivity index (χ0v) is 13.2. The predicted octanol–water partition coefficient (Wildman–Crippen LogP) is 3.07. The van der Waals surface area contributed by atoms with Crippen molar-refractivity contribution in [3.8, 4) is 5.82 Å². The Hall–Kier alpha value is -2.95. The Morgan fingerprint density at radius 1 is 1.12 bits per heavy atom. The molecule has 5 nitrogen and oxygen atoms in total. The molecule has 1 fully saturated rings. The zero-order valence-electron chi connectivity index (χ0n) is 13.2. The van der Waals surface area contributed by atoms with E-state index in [9.17, 15) is 4.79 Å². The highest BCUT2D eigenvalue weighted by molar-refractivity contribution is 5.94. The fourth-order valence-electron chi connectivity index (χ4n) is 2.76. The van der Waals surface area contributed by atoms with Crippen molar-refractivity contribution >= 4 is 5.91 Å². The van der Waals surface area contributed by atoms with Gasteiger partial charge in [-0.1, -0.05) is 6.07 Å². The van der Waals surface area contributed by atoms with E-state index >= 15 is 0 Å². The van der Waals surface area contributed by atoms with Gasteiger partial charge in [-0.05, 0) is 48.7 Å². The lowest BCUT2D eigenvalue weighted by Crippen LogP contribution is -2.32. The molecule has 3 aromatic heterocycles. The Bertz CT molecular complexity index is 808. The van der Waals surface area contributed by atoms with Crippen molar-refractivity contribution in [2.45, 2.75) is 25.4 Å². The Labute approximate surface area is 140 Å². The molecule has 0 saturated heterocycles. The molecule has 1 saturated carbocycles. The SMILES string of the molecule is O=C(c1ccc(-n2cccc2)nc1)N(Cc1cccnc1)C1CC1. The number of pyridine rings is 2. The Morgan fingerprint density at radius 3 is 2.58 bits per heavy atom. The van der Waals surface area contributed by atoms with Crippen LogP contribution in [0.15, 0.2) is 67.4 Å². The first-order valence-electron chi connectivity index (χ1n) is 8.10. The molecule has 0 spiro atoms. The van der Waals surface area contributed by atoms with Gasteiger partial charge in [0, 0.05) is 43.6 Å². The van der Waals surface area contributed by atoms with E-state index in [2.05, 4.69) is 9.97 Å². The molecule has 1 aliphatic carbocycles. The number of hydrogen-bond donors (Lipinski definition) is 0. The molecule has 0 N–H and O–H groups in total. The second-order valence-corrected chi connectivity index (χ2v) is 6.02. The van der Waals surface area contributed by atoms with Crippen LogP contribution in [0.25, 0.3) is 5.82 Å². The average molecular weight is 318 g/mol. The minimum Gasteiger partial charge on any atom is -0.331 e. The van der Waals surface area contributed by atoms with Crippen LogP contribution < -0.4 is 0 Å². The molecule has 24 heavy (non-hydrogen) atoms. The second kappa shape index (κ2) is 6.28. The van der Waals surface area contributed by atoms with Gasteiger partial charge in [0.15, 0.2) is 0 Å². The van der Waals surface area contributed by atoms with Crippen LogP contribution in [0.1, 0.15) is 28.8 Å². The van der Waals surface area contributed by atoms with Crippen molar-refractivity contribution in [3.63, 3.8) is 0 Å². The van der Waals surface area contributed by atoms with Crippen molar-refractivity contribution in [2.75, 3.05) is 0 Å². The smallest absolute Gasteiger partial charge is 0.255 e. The fraction of sp³-hybridized carbons (Fsp3) is 0.211. The molecule has 3 heterocycles. The van der Waals surface area contributed by atoms with Gasteiger partial charge >= 0.3 is 0 Å². The quantitative estimate of drug-likeness (QED) is 0.726. The van der Waals surface area contributed by atoms with Crippen molar-refractivity contribution in [3.05, 3.63) is 78.5 Å². The summed E-state index contributed by atoms with van der Waals surface area (Å²) in [6.45, 7) is 0.594. The third-order valence-corrected chi connectivity index (χ3v) is 4.19. The lowest BCUT2D eigenvalue weighted by Gasteiger charge is -2.22. The summed E-state index contributed by atoms with van der Waals surface area (Å²) in [5.74, 6) is 0.842.